The number of rotatable bonds is 7. The van der Waals surface area contributed by atoms with Crippen LogP contribution in [0.3, 0.4) is 0 Å². The zero-order valence-electron chi connectivity index (χ0n) is 11.0. The average Bonchev–Trinajstić information content (AvgIpc) is 2.81. The molecule has 104 valence electrons. The number of urea groups is 1. The van der Waals surface area contributed by atoms with Crippen LogP contribution in [0.4, 0.5) is 4.79 Å². The van der Waals surface area contributed by atoms with Gasteiger partial charge in [0.15, 0.2) is 0 Å². The Kier molecular flexibility index (Phi) is 6.49. The molecule has 0 spiro atoms. The lowest BCUT2D eigenvalue weighted by Gasteiger charge is -2.21. The molecule has 0 aliphatic carbocycles. The van der Waals surface area contributed by atoms with Gasteiger partial charge in [-0.2, -0.15) is 0 Å². The van der Waals surface area contributed by atoms with E-state index < -0.39 is 5.97 Å². The topological polar surface area (TPSA) is 72.9 Å². The predicted octanol–water partition coefficient (Wildman–Crippen LogP) is 0.588. The van der Waals surface area contributed by atoms with Crippen LogP contribution in [0.2, 0.25) is 0 Å². The summed E-state index contributed by atoms with van der Waals surface area (Å²) in [5, 5.41) is 11.5. The Morgan fingerprint density at radius 2 is 2.00 bits per heavy atom. The highest BCUT2D eigenvalue weighted by atomic mass is 16.4. The Bertz CT molecular complexity index is 278. The van der Waals surface area contributed by atoms with E-state index in [1.165, 1.54) is 17.7 Å². The minimum Gasteiger partial charge on any atom is -0.480 e. The van der Waals surface area contributed by atoms with Crippen LogP contribution in [0.25, 0.3) is 0 Å². The van der Waals surface area contributed by atoms with Crippen molar-refractivity contribution in [3.63, 3.8) is 0 Å². The number of aliphatic carboxylic acids is 1. The number of carbonyl (C=O) groups is 2. The fourth-order valence-corrected chi connectivity index (χ4v) is 2.12. The number of likely N-dealkylation sites (tertiary alicyclic amines) is 1. The number of carbonyl (C=O) groups excluding carboxylic acids is 1. The van der Waals surface area contributed by atoms with Crippen LogP contribution >= 0.6 is 0 Å². The van der Waals surface area contributed by atoms with Gasteiger partial charge in [0.2, 0.25) is 0 Å². The summed E-state index contributed by atoms with van der Waals surface area (Å²) in [4.78, 5) is 26.1. The molecule has 18 heavy (non-hydrogen) atoms. The number of carboxylic acids is 1. The van der Waals surface area contributed by atoms with Crippen LogP contribution in [-0.2, 0) is 4.79 Å². The van der Waals surface area contributed by atoms with Crippen LogP contribution in [0.5, 0.6) is 0 Å². The lowest BCUT2D eigenvalue weighted by atomic mass is 10.4. The molecule has 0 aromatic heterocycles. The number of nitrogens with one attached hydrogen (secondary N) is 1. The zero-order valence-corrected chi connectivity index (χ0v) is 11.0. The smallest absolute Gasteiger partial charge is 0.323 e. The van der Waals surface area contributed by atoms with Crippen molar-refractivity contribution >= 4 is 12.0 Å². The van der Waals surface area contributed by atoms with Crippen LogP contribution < -0.4 is 5.32 Å². The highest BCUT2D eigenvalue weighted by molar-refractivity contribution is 5.80. The van der Waals surface area contributed by atoms with E-state index in [0.717, 1.165) is 26.1 Å². The zero-order chi connectivity index (χ0) is 13.4. The predicted molar refractivity (Wildman–Crippen MR) is 68.6 cm³/mol. The second-order valence-corrected chi connectivity index (χ2v) is 4.60. The third-order valence-electron chi connectivity index (χ3n) is 3.01. The molecule has 6 heteroatoms. The van der Waals surface area contributed by atoms with Crippen molar-refractivity contribution < 1.29 is 14.7 Å². The largest absolute Gasteiger partial charge is 0.480 e. The van der Waals surface area contributed by atoms with Crippen LogP contribution in [0, 0.1) is 0 Å². The third-order valence-corrected chi connectivity index (χ3v) is 3.01. The fourth-order valence-electron chi connectivity index (χ4n) is 2.12. The number of hydrogen-bond acceptors (Lipinski definition) is 3. The summed E-state index contributed by atoms with van der Waals surface area (Å²) in [5.41, 5.74) is 0. The maximum Gasteiger partial charge on any atom is 0.323 e. The third kappa shape index (κ3) is 5.35. The Balaban J connectivity index is 2.24. The van der Waals surface area contributed by atoms with Crippen molar-refractivity contribution in [2.75, 3.05) is 39.3 Å². The molecule has 0 radical (unpaired) electrons. The SMILES string of the molecule is CCCN(CC(=O)O)C(=O)NCCN1CCCC1. The maximum absolute atomic E-state index is 11.8. The lowest BCUT2D eigenvalue weighted by Crippen LogP contribution is -2.45. The molecule has 1 fully saturated rings. The van der Waals surface area contributed by atoms with Gasteiger partial charge in [0.05, 0.1) is 0 Å². The first-order valence-electron chi connectivity index (χ1n) is 6.60. The second kappa shape index (κ2) is 7.92. The van der Waals surface area contributed by atoms with Gasteiger partial charge in [0, 0.05) is 19.6 Å². The summed E-state index contributed by atoms with van der Waals surface area (Å²) in [6.07, 6.45) is 3.22. The highest BCUT2D eigenvalue weighted by Crippen LogP contribution is 2.05. The highest BCUT2D eigenvalue weighted by Gasteiger charge is 2.16. The molecule has 0 aromatic rings. The van der Waals surface area contributed by atoms with Crippen molar-refractivity contribution in [3.8, 4) is 0 Å². The number of amides is 2. The molecule has 1 heterocycles. The van der Waals surface area contributed by atoms with Crippen molar-refractivity contribution in [2.45, 2.75) is 26.2 Å². The summed E-state index contributed by atoms with van der Waals surface area (Å²) in [5.74, 6) is -0.974. The Hall–Kier alpha value is -1.30. The molecule has 0 atom stereocenters. The molecular weight excluding hydrogens is 234 g/mol. The van der Waals surface area contributed by atoms with Gasteiger partial charge in [-0.15, -0.1) is 0 Å². The first-order valence-corrected chi connectivity index (χ1v) is 6.60. The van der Waals surface area contributed by atoms with E-state index in [1.54, 1.807) is 0 Å². The summed E-state index contributed by atoms with van der Waals surface area (Å²) in [7, 11) is 0. The summed E-state index contributed by atoms with van der Waals surface area (Å²) >= 11 is 0. The second-order valence-electron chi connectivity index (χ2n) is 4.60. The first kappa shape index (κ1) is 14.8. The molecule has 1 saturated heterocycles. The van der Waals surface area contributed by atoms with E-state index in [0.29, 0.717) is 13.1 Å². The van der Waals surface area contributed by atoms with Gasteiger partial charge < -0.3 is 20.2 Å². The van der Waals surface area contributed by atoms with Gasteiger partial charge in [-0.25, -0.2) is 4.79 Å². The van der Waals surface area contributed by atoms with E-state index in [9.17, 15) is 9.59 Å². The molecule has 0 saturated carbocycles. The van der Waals surface area contributed by atoms with Crippen molar-refractivity contribution in [2.24, 2.45) is 0 Å². The van der Waals surface area contributed by atoms with Gasteiger partial charge in [-0.3, -0.25) is 4.79 Å². The number of nitrogens with zero attached hydrogens (tertiary/aromatic N) is 2. The molecule has 6 nitrogen and oxygen atoms in total. The molecular formula is C12H23N3O3. The normalized spacial score (nSPS) is 15.6. The van der Waals surface area contributed by atoms with Crippen LogP contribution in [0.15, 0.2) is 0 Å². The molecule has 2 N–H and O–H groups in total. The molecule has 0 bridgehead atoms. The van der Waals surface area contributed by atoms with E-state index in [4.69, 9.17) is 5.11 Å². The lowest BCUT2D eigenvalue weighted by molar-refractivity contribution is -0.137. The van der Waals surface area contributed by atoms with Gasteiger partial charge in [0.1, 0.15) is 6.54 Å². The fraction of sp³-hybridized carbons (Fsp3) is 0.833. The summed E-state index contributed by atoms with van der Waals surface area (Å²) < 4.78 is 0. The van der Waals surface area contributed by atoms with Crippen LogP contribution in [0.1, 0.15) is 26.2 Å². The van der Waals surface area contributed by atoms with Gasteiger partial charge in [-0.1, -0.05) is 6.92 Å². The molecule has 0 unspecified atom stereocenters. The first-order chi connectivity index (χ1) is 8.63. The minimum atomic E-state index is -0.974. The van der Waals surface area contributed by atoms with E-state index >= 15 is 0 Å². The van der Waals surface area contributed by atoms with Gasteiger partial charge in [0.25, 0.3) is 0 Å². The Morgan fingerprint density at radius 3 is 2.56 bits per heavy atom. The molecule has 0 aromatic carbocycles. The minimum absolute atomic E-state index is 0.233. The molecule has 1 rings (SSSR count). The summed E-state index contributed by atoms with van der Waals surface area (Å²) in [6, 6.07) is -0.279. The monoisotopic (exact) mass is 257 g/mol. The van der Waals surface area contributed by atoms with Crippen molar-refractivity contribution in [1.29, 1.82) is 0 Å². The average molecular weight is 257 g/mol. The Morgan fingerprint density at radius 1 is 1.33 bits per heavy atom. The van der Waals surface area contributed by atoms with Gasteiger partial charge >= 0.3 is 12.0 Å². The molecule has 2 amide bonds. The van der Waals surface area contributed by atoms with E-state index in [1.807, 2.05) is 6.92 Å². The van der Waals surface area contributed by atoms with Crippen molar-refractivity contribution in [3.05, 3.63) is 0 Å². The Labute approximate surface area is 108 Å². The standard InChI is InChI=1S/C12H23N3O3/c1-2-6-15(10-11(16)17)12(18)13-5-9-14-7-3-4-8-14/h2-10H2,1H3,(H,13,18)(H,16,17). The van der Waals surface area contributed by atoms with Crippen molar-refractivity contribution in [1.82, 2.24) is 15.1 Å². The maximum atomic E-state index is 11.8. The van der Waals surface area contributed by atoms with Crippen LogP contribution in [-0.4, -0.2) is 66.2 Å². The summed E-state index contributed by atoms with van der Waals surface area (Å²) in [6.45, 7) is 5.79. The van der Waals surface area contributed by atoms with Gasteiger partial charge in [-0.05, 0) is 32.4 Å². The van der Waals surface area contributed by atoms with E-state index in [2.05, 4.69) is 10.2 Å². The quantitative estimate of drug-likeness (QED) is 0.700. The van der Waals surface area contributed by atoms with E-state index in [-0.39, 0.29) is 12.6 Å². The number of carboxylic acid groups (broad SMARTS) is 1. The number of hydrogen-bond donors (Lipinski definition) is 2. The molecule has 1 aliphatic heterocycles. The molecule has 1 aliphatic rings.